The van der Waals surface area contributed by atoms with E-state index in [0.717, 1.165) is 16.7 Å². The van der Waals surface area contributed by atoms with Gasteiger partial charge in [-0.15, -0.1) is 0 Å². The van der Waals surface area contributed by atoms with Crippen molar-refractivity contribution >= 4 is 5.78 Å². The topological polar surface area (TPSA) is 38.8 Å². The summed E-state index contributed by atoms with van der Waals surface area (Å²) in [5.41, 5.74) is 2.14. The SMILES string of the molecule is COC1OC(C)(c2ccc(-c3ccccc3)cc2)C(=O)CC1N(C)C. The Balaban J connectivity index is 1.88. The average Bonchev–Trinajstić information content (AvgIpc) is 2.64. The zero-order valence-corrected chi connectivity index (χ0v) is 15.2. The van der Waals surface area contributed by atoms with E-state index in [9.17, 15) is 4.79 Å². The monoisotopic (exact) mass is 339 g/mol. The maximum absolute atomic E-state index is 12.8. The average molecular weight is 339 g/mol. The van der Waals surface area contributed by atoms with E-state index >= 15 is 0 Å². The van der Waals surface area contributed by atoms with Crippen LogP contribution < -0.4 is 0 Å². The Bertz CT molecular complexity index is 727. The third kappa shape index (κ3) is 3.38. The molecule has 2 aromatic carbocycles. The first-order valence-electron chi connectivity index (χ1n) is 8.52. The summed E-state index contributed by atoms with van der Waals surface area (Å²) >= 11 is 0. The van der Waals surface area contributed by atoms with Gasteiger partial charge in [0.1, 0.15) is 0 Å². The zero-order chi connectivity index (χ0) is 18.0. The Labute approximate surface area is 149 Å². The van der Waals surface area contributed by atoms with Gasteiger partial charge in [0.05, 0.1) is 6.04 Å². The Kier molecular flexibility index (Phi) is 5.04. The van der Waals surface area contributed by atoms with Crippen molar-refractivity contribution in [2.24, 2.45) is 0 Å². The summed E-state index contributed by atoms with van der Waals surface area (Å²) in [6.45, 7) is 1.84. The van der Waals surface area contributed by atoms with Crippen LogP contribution in [-0.2, 0) is 19.9 Å². The molecule has 0 aromatic heterocycles. The van der Waals surface area contributed by atoms with E-state index in [-0.39, 0.29) is 11.8 Å². The Morgan fingerprint density at radius 3 is 2.20 bits per heavy atom. The van der Waals surface area contributed by atoms with E-state index in [2.05, 4.69) is 12.1 Å². The molecule has 1 fully saturated rings. The number of benzene rings is 2. The minimum Gasteiger partial charge on any atom is -0.354 e. The first-order valence-corrected chi connectivity index (χ1v) is 8.52. The predicted molar refractivity (Wildman–Crippen MR) is 98.2 cm³/mol. The van der Waals surface area contributed by atoms with Crippen molar-refractivity contribution in [3.05, 3.63) is 60.2 Å². The van der Waals surface area contributed by atoms with Crippen LogP contribution in [0.15, 0.2) is 54.6 Å². The molecular weight excluding hydrogens is 314 g/mol. The van der Waals surface area contributed by atoms with Gasteiger partial charge in [-0.25, -0.2) is 0 Å². The third-order valence-electron chi connectivity index (χ3n) is 5.03. The molecule has 0 amide bonds. The van der Waals surface area contributed by atoms with E-state index < -0.39 is 11.9 Å². The van der Waals surface area contributed by atoms with Crippen LogP contribution in [0.2, 0.25) is 0 Å². The minimum absolute atomic E-state index is 0.0748. The summed E-state index contributed by atoms with van der Waals surface area (Å²) in [6, 6.07) is 18.1. The van der Waals surface area contributed by atoms with Crippen LogP contribution in [0.3, 0.4) is 0 Å². The first-order chi connectivity index (χ1) is 12.0. The molecule has 4 heteroatoms. The number of carbonyl (C=O) groups is 1. The summed E-state index contributed by atoms with van der Waals surface area (Å²) in [4.78, 5) is 14.8. The van der Waals surface area contributed by atoms with Crippen molar-refractivity contribution in [2.45, 2.75) is 31.3 Å². The maximum atomic E-state index is 12.8. The quantitative estimate of drug-likeness (QED) is 0.855. The smallest absolute Gasteiger partial charge is 0.174 e. The summed E-state index contributed by atoms with van der Waals surface area (Å²) in [6.07, 6.45) is -0.0332. The molecule has 25 heavy (non-hydrogen) atoms. The van der Waals surface area contributed by atoms with Crippen LogP contribution in [0.5, 0.6) is 0 Å². The molecule has 0 spiro atoms. The number of likely N-dealkylation sites (N-methyl/N-ethyl adjacent to an activating group) is 1. The molecule has 0 radical (unpaired) electrons. The predicted octanol–water partition coefficient (Wildman–Crippen LogP) is 3.46. The molecule has 3 unspecified atom stereocenters. The molecule has 0 aliphatic carbocycles. The van der Waals surface area contributed by atoms with Crippen molar-refractivity contribution in [3.63, 3.8) is 0 Å². The Morgan fingerprint density at radius 2 is 1.64 bits per heavy atom. The highest BCUT2D eigenvalue weighted by atomic mass is 16.7. The highest BCUT2D eigenvalue weighted by Crippen LogP contribution is 2.37. The van der Waals surface area contributed by atoms with Gasteiger partial charge in [-0.05, 0) is 37.7 Å². The van der Waals surface area contributed by atoms with E-state index in [1.54, 1.807) is 7.11 Å². The van der Waals surface area contributed by atoms with Crippen molar-refractivity contribution < 1.29 is 14.3 Å². The molecule has 3 atom stereocenters. The van der Waals surface area contributed by atoms with E-state index in [4.69, 9.17) is 9.47 Å². The molecule has 0 N–H and O–H groups in total. The summed E-state index contributed by atoms with van der Waals surface area (Å²) in [5, 5.41) is 0. The molecule has 0 saturated carbocycles. The Morgan fingerprint density at radius 1 is 1.04 bits per heavy atom. The fourth-order valence-electron chi connectivity index (χ4n) is 3.33. The number of hydrogen-bond donors (Lipinski definition) is 0. The highest BCUT2D eigenvalue weighted by molar-refractivity contribution is 5.89. The normalized spacial score (nSPS) is 26.8. The lowest BCUT2D eigenvalue weighted by molar-refractivity contribution is -0.238. The highest BCUT2D eigenvalue weighted by Gasteiger charge is 2.47. The van der Waals surface area contributed by atoms with Crippen molar-refractivity contribution in [1.29, 1.82) is 0 Å². The number of ketones is 1. The van der Waals surface area contributed by atoms with Gasteiger partial charge in [0.25, 0.3) is 0 Å². The first kappa shape index (κ1) is 17.8. The minimum atomic E-state index is -0.984. The third-order valence-corrected chi connectivity index (χ3v) is 5.03. The second-order valence-corrected chi connectivity index (χ2v) is 6.86. The molecule has 3 rings (SSSR count). The molecule has 4 nitrogen and oxygen atoms in total. The number of methoxy groups -OCH3 is 1. The van der Waals surface area contributed by atoms with Crippen LogP contribution >= 0.6 is 0 Å². The molecular formula is C21H25NO3. The number of hydrogen-bond acceptors (Lipinski definition) is 4. The van der Waals surface area contributed by atoms with Crippen LogP contribution in [0.4, 0.5) is 0 Å². The van der Waals surface area contributed by atoms with Crippen molar-refractivity contribution in [3.8, 4) is 11.1 Å². The van der Waals surface area contributed by atoms with Gasteiger partial charge >= 0.3 is 0 Å². The van der Waals surface area contributed by atoms with Crippen LogP contribution in [0.1, 0.15) is 18.9 Å². The van der Waals surface area contributed by atoms with Gasteiger partial charge in [0.2, 0.25) is 0 Å². The molecule has 1 aliphatic rings. The summed E-state index contributed by atoms with van der Waals surface area (Å²) in [7, 11) is 5.49. The van der Waals surface area contributed by atoms with E-state index in [1.807, 2.05) is 68.4 Å². The number of ether oxygens (including phenoxy) is 2. The van der Waals surface area contributed by atoms with Crippen LogP contribution in [0.25, 0.3) is 11.1 Å². The van der Waals surface area contributed by atoms with Gasteiger partial charge < -0.3 is 14.4 Å². The largest absolute Gasteiger partial charge is 0.354 e. The van der Waals surface area contributed by atoms with E-state index in [1.165, 1.54) is 0 Å². The second-order valence-electron chi connectivity index (χ2n) is 6.86. The fourth-order valence-corrected chi connectivity index (χ4v) is 3.33. The van der Waals surface area contributed by atoms with Crippen molar-refractivity contribution in [2.75, 3.05) is 21.2 Å². The Hall–Kier alpha value is -2.01. The maximum Gasteiger partial charge on any atom is 0.174 e. The van der Waals surface area contributed by atoms with Gasteiger partial charge in [-0.3, -0.25) is 4.79 Å². The number of Topliss-reactive ketones (excluding diaryl/α,β-unsaturated/α-hetero) is 1. The number of carbonyl (C=O) groups excluding carboxylic acids is 1. The van der Waals surface area contributed by atoms with Gasteiger partial charge in [0.15, 0.2) is 17.7 Å². The number of rotatable bonds is 4. The molecule has 1 saturated heterocycles. The van der Waals surface area contributed by atoms with Gasteiger partial charge in [-0.2, -0.15) is 0 Å². The van der Waals surface area contributed by atoms with Gasteiger partial charge in [-0.1, -0.05) is 54.6 Å². The molecule has 132 valence electrons. The lowest BCUT2D eigenvalue weighted by Gasteiger charge is -2.43. The van der Waals surface area contributed by atoms with E-state index in [0.29, 0.717) is 6.42 Å². The standard InChI is InChI=1S/C21H25NO3/c1-21(19(23)14-18(22(2)3)20(24-4)25-21)17-12-10-16(11-13-17)15-8-6-5-7-9-15/h5-13,18,20H,14H2,1-4H3. The molecule has 1 aliphatic heterocycles. The summed E-state index contributed by atoms with van der Waals surface area (Å²) in [5.74, 6) is 0.0759. The number of nitrogens with zero attached hydrogens (tertiary/aromatic N) is 1. The molecule has 1 heterocycles. The fraction of sp³-hybridized carbons (Fsp3) is 0.381. The van der Waals surface area contributed by atoms with Crippen LogP contribution in [0, 0.1) is 0 Å². The van der Waals surface area contributed by atoms with Gasteiger partial charge in [0, 0.05) is 13.5 Å². The molecule has 0 bridgehead atoms. The summed E-state index contributed by atoms with van der Waals surface area (Å²) < 4.78 is 11.6. The zero-order valence-electron chi connectivity index (χ0n) is 15.2. The van der Waals surface area contributed by atoms with Crippen LogP contribution in [-0.4, -0.2) is 44.2 Å². The molecule has 2 aromatic rings. The second kappa shape index (κ2) is 7.08. The van der Waals surface area contributed by atoms with Crippen molar-refractivity contribution in [1.82, 2.24) is 4.90 Å². The lowest BCUT2D eigenvalue weighted by Crippen LogP contribution is -2.55. The lowest BCUT2D eigenvalue weighted by atomic mass is 9.84.